The lowest BCUT2D eigenvalue weighted by Gasteiger charge is -2.12. The van der Waals surface area contributed by atoms with E-state index in [4.69, 9.17) is 5.73 Å². The number of hydrogen-bond acceptors (Lipinski definition) is 3. The Balaban J connectivity index is 2.08. The van der Waals surface area contributed by atoms with Gasteiger partial charge in [-0.3, -0.25) is 4.79 Å². The Hall–Kier alpha value is -3.40. The number of carbonyl (C=O) groups is 1. The van der Waals surface area contributed by atoms with Crippen LogP contribution < -0.4 is 10.6 Å². The molecule has 0 atom stereocenters. The molecule has 0 saturated heterocycles. The van der Waals surface area contributed by atoms with Gasteiger partial charge >= 0.3 is 0 Å². The minimum absolute atomic E-state index is 0.0377. The van der Waals surface area contributed by atoms with Gasteiger partial charge in [-0.2, -0.15) is 0 Å². The lowest BCUT2D eigenvalue weighted by Crippen LogP contribution is -2.21. The minimum Gasteiger partial charge on any atom is -0.384 e. The maximum Gasteiger partial charge on any atom is 0.259 e. The number of nitrogen functional groups attached to an aromatic ring is 1. The molecule has 0 fully saturated rings. The van der Waals surface area contributed by atoms with Gasteiger partial charge < -0.3 is 10.6 Å². The highest BCUT2D eigenvalue weighted by Gasteiger charge is 2.33. The smallest absolute Gasteiger partial charge is 0.259 e. The zero-order chi connectivity index (χ0) is 17.4. The van der Waals surface area contributed by atoms with Crippen LogP contribution in [0.1, 0.15) is 16.8 Å². The molecule has 122 valence electrons. The summed E-state index contributed by atoms with van der Waals surface area (Å²) < 4.78 is 0. The number of anilines is 2. The highest BCUT2D eigenvalue weighted by Crippen LogP contribution is 2.41. The van der Waals surface area contributed by atoms with Gasteiger partial charge in [0, 0.05) is 18.2 Å². The Labute approximate surface area is 146 Å². The Bertz CT molecular complexity index is 993. The summed E-state index contributed by atoms with van der Waals surface area (Å²) >= 11 is 0. The van der Waals surface area contributed by atoms with Crippen molar-refractivity contribution in [2.75, 3.05) is 17.7 Å². The molecule has 4 rings (SSSR count). The molecule has 3 aromatic rings. The number of fused-ring (bicyclic) bond motifs is 1. The fraction of sp³-hybridized carbons (Fsp3) is 0.0476. The van der Waals surface area contributed by atoms with Crippen LogP contribution in [0.5, 0.6) is 0 Å². The molecule has 25 heavy (non-hydrogen) atoms. The molecular weight excluding hydrogens is 310 g/mol. The summed E-state index contributed by atoms with van der Waals surface area (Å²) in [6, 6.07) is 23.1. The standard InChI is InChI=1S/C21H17N3O/c1-24-17-12-6-5-10-15(17)20(21(24)25)19(14-8-3-2-4-9-14)16-11-7-13-18(22)23-16/h2-13H,1H3,(H2,22,23). The minimum atomic E-state index is -0.0377. The van der Waals surface area contributed by atoms with Crippen LogP contribution in [0.15, 0.2) is 72.8 Å². The highest BCUT2D eigenvalue weighted by atomic mass is 16.2. The molecular formula is C21H17N3O. The fourth-order valence-corrected chi connectivity index (χ4v) is 3.23. The Morgan fingerprint density at radius 2 is 1.64 bits per heavy atom. The van der Waals surface area contributed by atoms with Crippen LogP contribution in [0, 0.1) is 0 Å². The van der Waals surface area contributed by atoms with Gasteiger partial charge in [0.15, 0.2) is 0 Å². The van der Waals surface area contributed by atoms with Gasteiger partial charge in [0.2, 0.25) is 0 Å². The van der Waals surface area contributed by atoms with Crippen LogP contribution in [0.2, 0.25) is 0 Å². The van der Waals surface area contributed by atoms with Crippen LogP contribution in [-0.4, -0.2) is 17.9 Å². The van der Waals surface area contributed by atoms with Crippen molar-refractivity contribution in [3.63, 3.8) is 0 Å². The van der Waals surface area contributed by atoms with E-state index in [-0.39, 0.29) is 5.91 Å². The molecule has 0 aliphatic carbocycles. The van der Waals surface area contributed by atoms with Crippen molar-refractivity contribution in [2.24, 2.45) is 0 Å². The van der Waals surface area contributed by atoms with Gasteiger partial charge in [0.25, 0.3) is 5.91 Å². The molecule has 1 amide bonds. The van der Waals surface area contributed by atoms with Crippen molar-refractivity contribution in [3.05, 3.63) is 89.6 Å². The first kappa shape index (κ1) is 15.1. The number of nitrogens with two attached hydrogens (primary N) is 1. The Kier molecular flexibility index (Phi) is 3.58. The molecule has 2 heterocycles. The van der Waals surface area contributed by atoms with Crippen LogP contribution in [0.3, 0.4) is 0 Å². The number of benzene rings is 2. The van der Waals surface area contributed by atoms with E-state index < -0.39 is 0 Å². The van der Waals surface area contributed by atoms with Crippen LogP contribution >= 0.6 is 0 Å². The van der Waals surface area contributed by atoms with Gasteiger partial charge in [0.05, 0.1) is 17.0 Å². The molecule has 4 heteroatoms. The number of para-hydroxylation sites is 1. The van der Waals surface area contributed by atoms with E-state index in [1.54, 1.807) is 18.0 Å². The van der Waals surface area contributed by atoms with Gasteiger partial charge in [-0.15, -0.1) is 0 Å². The fourth-order valence-electron chi connectivity index (χ4n) is 3.23. The summed E-state index contributed by atoms with van der Waals surface area (Å²) in [5, 5.41) is 0. The van der Waals surface area contributed by atoms with E-state index in [1.165, 1.54) is 0 Å². The van der Waals surface area contributed by atoms with E-state index in [0.29, 0.717) is 17.1 Å². The van der Waals surface area contributed by atoms with Crippen LogP contribution in [0.4, 0.5) is 11.5 Å². The summed E-state index contributed by atoms with van der Waals surface area (Å²) in [4.78, 5) is 19.2. The van der Waals surface area contributed by atoms with Crippen molar-refractivity contribution in [3.8, 4) is 0 Å². The van der Waals surface area contributed by atoms with Crippen molar-refractivity contribution in [2.45, 2.75) is 0 Å². The number of amides is 1. The molecule has 1 aliphatic heterocycles. The molecule has 0 bridgehead atoms. The summed E-state index contributed by atoms with van der Waals surface area (Å²) in [6.45, 7) is 0. The molecule has 4 nitrogen and oxygen atoms in total. The number of carbonyl (C=O) groups excluding carboxylic acids is 1. The van der Waals surface area contributed by atoms with Gasteiger partial charge in [-0.1, -0.05) is 54.6 Å². The normalized spacial score (nSPS) is 15.2. The van der Waals surface area contributed by atoms with Crippen molar-refractivity contribution in [1.82, 2.24) is 4.98 Å². The molecule has 0 saturated carbocycles. The second-order valence-electron chi connectivity index (χ2n) is 5.95. The number of likely N-dealkylation sites (N-methyl/N-ethyl adjacent to an activating group) is 1. The van der Waals surface area contributed by atoms with Crippen molar-refractivity contribution >= 4 is 28.6 Å². The molecule has 0 radical (unpaired) electrons. The summed E-state index contributed by atoms with van der Waals surface area (Å²) in [5.74, 6) is 0.392. The van der Waals surface area contributed by atoms with Crippen molar-refractivity contribution < 1.29 is 4.79 Å². The number of hydrogen-bond donors (Lipinski definition) is 1. The topological polar surface area (TPSA) is 59.2 Å². The third-order valence-corrected chi connectivity index (χ3v) is 4.39. The molecule has 0 spiro atoms. The lowest BCUT2D eigenvalue weighted by molar-refractivity contribution is -0.112. The number of aromatic nitrogens is 1. The van der Waals surface area contributed by atoms with Crippen LogP contribution in [0.25, 0.3) is 11.1 Å². The van der Waals surface area contributed by atoms with E-state index in [9.17, 15) is 4.79 Å². The van der Waals surface area contributed by atoms with E-state index >= 15 is 0 Å². The number of nitrogens with zero attached hydrogens (tertiary/aromatic N) is 2. The third kappa shape index (κ3) is 2.48. The SMILES string of the molecule is CN1C(=O)C(=C(c2ccccc2)c2cccc(N)n2)c2ccccc21. The second kappa shape index (κ2) is 5.91. The van der Waals surface area contributed by atoms with Gasteiger partial charge in [-0.05, 0) is 23.8 Å². The number of pyridine rings is 1. The zero-order valence-corrected chi connectivity index (χ0v) is 13.8. The second-order valence-corrected chi connectivity index (χ2v) is 5.95. The molecule has 2 N–H and O–H groups in total. The van der Waals surface area contributed by atoms with E-state index in [2.05, 4.69) is 4.98 Å². The average Bonchev–Trinajstić information content (AvgIpc) is 2.89. The predicted molar refractivity (Wildman–Crippen MR) is 101 cm³/mol. The maximum atomic E-state index is 13.0. The predicted octanol–water partition coefficient (Wildman–Crippen LogP) is 3.60. The molecule has 1 aromatic heterocycles. The quantitative estimate of drug-likeness (QED) is 0.732. The van der Waals surface area contributed by atoms with E-state index in [1.807, 2.05) is 66.7 Å². The molecule has 2 aromatic carbocycles. The van der Waals surface area contributed by atoms with Crippen LogP contribution in [-0.2, 0) is 4.79 Å². The number of rotatable bonds is 2. The zero-order valence-electron chi connectivity index (χ0n) is 13.8. The first-order chi connectivity index (χ1) is 12.2. The molecule has 0 unspecified atom stereocenters. The highest BCUT2D eigenvalue weighted by molar-refractivity contribution is 6.38. The first-order valence-electron chi connectivity index (χ1n) is 8.07. The van der Waals surface area contributed by atoms with Crippen molar-refractivity contribution in [1.29, 1.82) is 0 Å². The third-order valence-electron chi connectivity index (χ3n) is 4.39. The summed E-state index contributed by atoms with van der Waals surface area (Å²) in [5.41, 5.74) is 10.8. The molecule has 1 aliphatic rings. The summed E-state index contributed by atoms with van der Waals surface area (Å²) in [7, 11) is 1.80. The van der Waals surface area contributed by atoms with E-state index in [0.717, 1.165) is 22.4 Å². The van der Waals surface area contributed by atoms with Gasteiger partial charge in [-0.25, -0.2) is 4.98 Å². The monoisotopic (exact) mass is 327 g/mol. The lowest BCUT2D eigenvalue weighted by atomic mass is 9.92. The maximum absolute atomic E-state index is 13.0. The first-order valence-corrected chi connectivity index (χ1v) is 8.07. The Morgan fingerprint density at radius 3 is 2.40 bits per heavy atom. The Morgan fingerprint density at radius 1 is 0.920 bits per heavy atom. The largest absolute Gasteiger partial charge is 0.384 e. The average molecular weight is 327 g/mol. The van der Waals surface area contributed by atoms with Gasteiger partial charge in [0.1, 0.15) is 5.82 Å². The summed E-state index contributed by atoms with van der Waals surface area (Å²) in [6.07, 6.45) is 0.